The number of aromatic nitrogens is 1. The Balaban J connectivity index is 1.62. The molecule has 2 aromatic carbocycles. The summed E-state index contributed by atoms with van der Waals surface area (Å²) < 4.78 is 21.5. The van der Waals surface area contributed by atoms with Gasteiger partial charge in [0.15, 0.2) is 11.7 Å². The van der Waals surface area contributed by atoms with Gasteiger partial charge in [0.1, 0.15) is 17.2 Å². The fourth-order valence-electron chi connectivity index (χ4n) is 2.70. The van der Waals surface area contributed by atoms with Crippen LogP contribution in [0.4, 0.5) is 5.69 Å². The lowest BCUT2D eigenvalue weighted by atomic mass is 10.1. The normalized spacial score (nSPS) is 10.4. The van der Waals surface area contributed by atoms with Gasteiger partial charge in [-0.05, 0) is 24.3 Å². The molecule has 1 N–H and O–H groups in total. The number of amides is 1. The van der Waals surface area contributed by atoms with E-state index in [-0.39, 0.29) is 12.3 Å². The molecule has 0 bridgehead atoms. The Bertz CT molecular complexity index is 951. The van der Waals surface area contributed by atoms with Crippen molar-refractivity contribution in [1.29, 1.82) is 0 Å². The minimum absolute atomic E-state index is 0.130. The van der Waals surface area contributed by atoms with Gasteiger partial charge in [-0.3, -0.25) is 4.79 Å². The highest BCUT2D eigenvalue weighted by Crippen LogP contribution is 2.33. The number of ether oxygens (including phenoxy) is 3. The number of oxazole rings is 1. The number of carbonyl (C=O) groups excluding carboxylic acids is 1. The molecule has 0 saturated heterocycles. The highest BCUT2D eigenvalue weighted by molar-refractivity contribution is 5.90. The molecule has 0 aliphatic carbocycles. The first-order chi connectivity index (χ1) is 13.6. The van der Waals surface area contributed by atoms with Gasteiger partial charge in [-0.15, -0.1) is 0 Å². The monoisotopic (exact) mass is 382 g/mol. The third-order valence-electron chi connectivity index (χ3n) is 4.15. The summed E-state index contributed by atoms with van der Waals surface area (Å²) in [4.78, 5) is 16.4. The summed E-state index contributed by atoms with van der Waals surface area (Å²) in [6.45, 7) is 0. The van der Waals surface area contributed by atoms with Crippen LogP contribution >= 0.6 is 0 Å². The molecule has 0 aliphatic rings. The molecule has 0 spiro atoms. The van der Waals surface area contributed by atoms with E-state index in [1.807, 2.05) is 24.3 Å². The molecule has 28 heavy (non-hydrogen) atoms. The first kappa shape index (κ1) is 19.3. The topological polar surface area (TPSA) is 82.8 Å². The molecule has 0 radical (unpaired) electrons. The smallest absolute Gasteiger partial charge is 0.224 e. The number of rotatable bonds is 8. The standard InChI is InChI=1S/C21H22N2O5/c1-25-15-6-4-5-14(11-15)23-20(24)9-10-21-22-13-19(28-21)17-8-7-16(26-2)12-18(17)27-3/h4-8,11-13H,9-10H2,1-3H3,(H,23,24). The molecule has 7 heteroatoms. The number of aryl methyl sites for hydroxylation is 1. The van der Waals surface area contributed by atoms with Crippen LogP contribution in [0.15, 0.2) is 53.1 Å². The highest BCUT2D eigenvalue weighted by Gasteiger charge is 2.14. The minimum atomic E-state index is -0.130. The summed E-state index contributed by atoms with van der Waals surface area (Å²) >= 11 is 0. The maximum absolute atomic E-state index is 12.2. The van der Waals surface area contributed by atoms with Crippen LogP contribution in [0, 0.1) is 0 Å². The Morgan fingerprint density at radius 3 is 2.57 bits per heavy atom. The van der Waals surface area contributed by atoms with E-state index in [1.165, 1.54) is 0 Å². The van der Waals surface area contributed by atoms with Gasteiger partial charge in [0, 0.05) is 30.7 Å². The van der Waals surface area contributed by atoms with Gasteiger partial charge >= 0.3 is 0 Å². The van der Waals surface area contributed by atoms with Crippen LogP contribution in [0.25, 0.3) is 11.3 Å². The van der Waals surface area contributed by atoms with E-state index in [1.54, 1.807) is 45.7 Å². The molecule has 0 fully saturated rings. The van der Waals surface area contributed by atoms with Gasteiger partial charge < -0.3 is 23.9 Å². The van der Waals surface area contributed by atoms with E-state index in [4.69, 9.17) is 18.6 Å². The first-order valence-corrected chi connectivity index (χ1v) is 8.74. The van der Waals surface area contributed by atoms with E-state index in [9.17, 15) is 4.79 Å². The summed E-state index contributed by atoms with van der Waals surface area (Å²) in [7, 11) is 4.76. The fourth-order valence-corrected chi connectivity index (χ4v) is 2.70. The Morgan fingerprint density at radius 2 is 1.82 bits per heavy atom. The number of hydrogen-bond acceptors (Lipinski definition) is 6. The molecule has 1 amide bonds. The van der Waals surface area contributed by atoms with Crippen molar-refractivity contribution in [3.05, 3.63) is 54.6 Å². The van der Waals surface area contributed by atoms with E-state index in [2.05, 4.69) is 10.3 Å². The van der Waals surface area contributed by atoms with E-state index < -0.39 is 0 Å². The zero-order valence-electron chi connectivity index (χ0n) is 16.0. The predicted octanol–water partition coefficient (Wildman–Crippen LogP) is 3.94. The maximum Gasteiger partial charge on any atom is 0.224 e. The van der Waals surface area contributed by atoms with Crippen molar-refractivity contribution in [3.63, 3.8) is 0 Å². The average molecular weight is 382 g/mol. The third kappa shape index (κ3) is 4.62. The van der Waals surface area contributed by atoms with Crippen molar-refractivity contribution in [2.75, 3.05) is 26.6 Å². The number of hydrogen-bond donors (Lipinski definition) is 1. The summed E-state index contributed by atoms with van der Waals surface area (Å²) in [6, 6.07) is 12.6. The van der Waals surface area contributed by atoms with Crippen molar-refractivity contribution >= 4 is 11.6 Å². The number of anilines is 1. The number of methoxy groups -OCH3 is 3. The quantitative estimate of drug-likeness (QED) is 0.635. The van der Waals surface area contributed by atoms with E-state index >= 15 is 0 Å². The van der Waals surface area contributed by atoms with Gasteiger partial charge in [-0.2, -0.15) is 0 Å². The molecule has 0 unspecified atom stereocenters. The Kier molecular flexibility index (Phi) is 6.16. The lowest BCUT2D eigenvalue weighted by Crippen LogP contribution is -2.12. The van der Waals surface area contributed by atoms with Crippen LogP contribution in [-0.2, 0) is 11.2 Å². The van der Waals surface area contributed by atoms with Crippen molar-refractivity contribution in [3.8, 4) is 28.6 Å². The number of carbonyl (C=O) groups is 1. The summed E-state index contributed by atoms with van der Waals surface area (Å²) in [5.41, 5.74) is 1.45. The van der Waals surface area contributed by atoms with Crippen molar-refractivity contribution in [1.82, 2.24) is 4.98 Å². The van der Waals surface area contributed by atoms with Gasteiger partial charge in [0.05, 0.1) is 33.1 Å². The average Bonchev–Trinajstić information content (AvgIpc) is 3.20. The van der Waals surface area contributed by atoms with Gasteiger partial charge in [0.2, 0.25) is 5.91 Å². The molecular weight excluding hydrogens is 360 g/mol. The Morgan fingerprint density at radius 1 is 1.04 bits per heavy atom. The highest BCUT2D eigenvalue weighted by atomic mass is 16.5. The molecule has 0 atom stereocenters. The summed E-state index contributed by atoms with van der Waals surface area (Å²) in [6.07, 6.45) is 2.25. The van der Waals surface area contributed by atoms with Crippen molar-refractivity contribution in [2.24, 2.45) is 0 Å². The zero-order valence-corrected chi connectivity index (χ0v) is 16.0. The molecule has 0 aliphatic heterocycles. The van der Waals surface area contributed by atoms with Crippen molar-refractivity contribution < 1.29 is 23.4 Å². The van der Waals surface area contributed by atoms with Crippen LogP contribution in [0.5, 0.6) is 17.2 Å². The number of nitrogens with zero attached hydrogens (tertiary/aromatic N) is 1. The lowest BCUT2D eigenvalue weighted by Gasteiger charge is -2.08. The molecule has 3 rings (SSSR count). The molecular formula is C21H22N2O5. The van der Waals surface area contributed by atoms with Gasteiger partial charge in [-0.1, -0.05) is 6.07 Å². The molecule has 0 saturated carbocycles. The molecule has 1 aromatic heterocycles. The second-order valence-corrected chi connectivity index (χ2v) is 5.96. The summed E-state index contributed by atoms with van der Waals surface area (Å²) in [5.74, 6) is 2.92. The second kappa shape index (κ2) is 8.94. The lowest BCUT2D eigenvalue weighted by molar-refractivity contribution is -0.116. The first-order valence-electron chi connectivity index (χ1n) is 8.74. The second-order valence-electron chi connectivity index (χ2n) is 5.96. The van der Waals surface area contributed by atoms with Crippen LogP contribution in [0.2, 0.25) is 0 Å². The van der Waals surface area contributed by atoms with Crippen LogP contribution in [-0.4, -0.2) is 32.2 Å². The largest absolute Gasteiger partial charge is 0.497 e. The SMILES string of the molecule is COc1cccc(NC(=O)CCc2ncc(-c3ccc(OC)cc3OC)o2)c1. The predicted molar refractivity (Wildman–Crippen MR) is 105 cm³/mol. The maximum atomic E-state index is 12.2. The van der Waals surface area contributed by atoms with E-state index in [0.29, 0.717) is 41.0 Å². The minimum Gasteiger partial charge on any atom is -0.497 e. The number of benzene rings is 2. The number of nitrogens with one attached hydrogen (secondary N) is 1. The Labute approximate surface area is 163 Å². The fraction of sp³-hybridized carbons (Fsp3) is 0.238. The zero-order chi connectivity index (χ0) is 19.9. The molecule has 7 nitrogen and oxygen atoms in total. The van der Waals surface area contributed by atoms with Gasteiger partial charge in [-0.25, -0.2) is 4.98 Å². The Hall–Kier alpha value is -3.48. The summed E-state index contributed by atoms with van der Waals surface area (Å²) in [5, 5.41) is 2.83. The van der Waals surface area contributed by atoms with E-state index in [0.717, 1.165) is 5.56 Å². The van der Waals surface area contributed by atoms with Crippen molar-refractivity contribution in [2.45, 2.75) is 12.8 Å². The molecule has 3 aromatic rings. The molecule has 146 valence electrons. The van der Waals surface area contributed by atoms with Crippen LogP contribution in [0.3, 0.4) is 0 Å². The van der Waals surface area contributed by atoms with Gasteiger partial charge in [0.25, 0.3) is 0 Å². The third-order valence-corrected chi connectivity index (χ3v) is 4.15. The molecule has 1 heterocycles. The van der Waals surface area contributed by atoms with Crippen LogP contribution < -0.4 is 19.5 Å². The van der Waals surface area contributed by atoms with Crippen LogP contribution in [0.1, 0.15) is 12.3 Å².